The minimum absolute atomic E-state index is 0.0210. The van der Waals surface area contributed by atoms with Crippen molar-refractivity contribution in [1.29, 1.82) is 0 Å². The Bertz CT molecular complexity index is 1310. The van der Waals surface area contributed by atoms with Crippen molar-refractivity contribution in [3.63, 3.8) is 0 Å². The Kier molecular flexibility index (Phi) is 5.86. The third kappa shape index (κ3) is 3.82. The molecule has 1 aromatic heterocycles. The monoisotopic (exact) mass is 462 g/mol. The van der Waals surface area contributed by atoms with Crippen LogP contribution < -0.4 is 4.90 Å². The van der Waals surface area contributed by atoms with E-state index in [0.29, 0.717) is 16.8 Å². The van der Waals surface area contributed by atoms with Gasteiger partial charge < -0.3 is 9.84 Å². The fourth-order valence-corrected chi connectivity index (χ4v) is 4.90. The molecule has 0 spiro atoms. The summed E-state index contributed by atoms with van der Waals surface area (Å²) in [5.74, 6) is -2.44. The van der Waals surface area contributed by atoms with E-state index in [9.17, 15) is 19.5 Å². The summed E-state index contributed by atoms with van der Waals surface area (Å²) < 4.78 is 4.81. The molecule has 1 aliphatic rings. The number of carbonyl (C=O) groups excluding carboxylic acids is 3. The molecule has 0 bridgehead atoms. The molecule has 1 saturated heterocycles. The van der Waals surface area contributed by atoms with Crippen LogP contribution >= 0.6 is 11.3 Å². The zero-order chi connectivity index (χ0) is 23.9. The molecule has 33 heavy (non-hydrogen) atoms. The zero-order valence-corrected chi connectivity index (χ0v) is 19.4. The number of ether oxygens (including phenoxy) is 1. The summed E-state index contributed by atoms with van der Waals surface area (Å²) >= 11 is 0.972. The number of hydrogen-bond acceptors (Lipinski definition) is 7. The lowest BCUT2D eigenvalue weighted by molar-refractivity contribution is -0.132. The predicted molar refractivity (Wildman–Crippen MR) is 125 cm³/mol. The van der Waals surface area contributed by atoms with Crippen LogP contribution in [0.4, 0.5) is 5.13 Å². The molecule has 0 aliphatic carbocycles. The molecule has 1 N–H and O–H groups in total. The van der Waals surface area contributed by atoms with Crippen LogP contribution in [0, 0.1) is 20.8 Å². The number of anilines is 1. The number of hydrogen-bond donors (Lipinski definition) is 1. The second-order valence-electron chi connectivity index (χ2n) is 7.80. The summed E-state index contributed by atoms with van der Waals surface area (Å²) in [5.41, 5.74) is 3.17. The maximum Gasteiger partial charge on any atom is 0.350 e. The summed E-state index contributed by atoms with van der Waals surface area (Å²) in [6.45, 7) is 5.35. The molecule has 0 saturated carbocycles. The Morgan fingerprint density at radius 2 is 1.79 bits per heavy atom. The molecule has 7 nitrogen and oxygen atoms in total. The molecular formula is C25H22N2O5S. The minimum Gasteiger partial charge on any atom is -0.507 e. The second kappa shape index (κ2) is 8.63. The van der Waals surface area contributed by atoms with E-state index in [1.54, 1.807) is 37.3 Å². The van der Waals surface area contributed by atoms with Gasteiger partial charge in [0.1, 0.15) is 10.6 Å². The van der Waals surface area contributed by atoms with Crippen molar-refractivity contribution < 1.29 is 24.2 Å². The lowest BCUT2D eigenvalue weighted by Crippen LogP contribution is -2.29. The smallest absolute Gasteiger partial charge is 0.350 e. The number of benzene rings is 2. The van der Waals surface area contributed by atoms with Crippen LogP contribution in [-0.2, 0) is 14.3 Å². The van der Waals surface area contributed by atoms with E-state index in [-0.39, 0.29) is 21.3 Å². The molecule has 1 atom stereocenters. The Labute approximate surface area is 195 Å². The van der Waals surface area contributed by atoms with Gasteiger partial charge >= 0.3 is 11.9 Å². The SMILES string of the molecule is COC(=O)c1sc(N2C(=O)C(=O)C(=C(O)c3cc(C)ccc3C)[C@@H]2c2ccccc2)nc1C. The first-order chi connectivity index (χ1) is 15.7. The van der Waals surface area contributed by atoms with Crippen molar-refractivity contribution in [2.24, 2.45) is 0 Å². The van der Waals surface area contributed by atoms with Gasteiger partial charge in [0.2, 0.25) is 0 Å². The number of esters is 1. The lowest BCUT2D eigenvalue weighted by Gasteiger charge is -2.23. The van der Waals surface area contributed by atoms with E-state index < -0.39 is 23.7 Å². The molecule has 8 heteroatoms. The molecule has 4 rings (SSSR count). The van der Waals surface area contributed by atoms with Crippen LogP contribution in [0.15, 0.2) is 54.1 Å². The quantitative estimate of drug-likeness (QED) is 0.266. The molecule has 2 aromatic carbocycles. The van der Waals surface area contributed by atoms with Crippen LogP contribution in [0.3, 0.4) is 0 Å². The molecule has 1 aliphatic heterocycles. The third-order valence-corrected chi connectivity index (χ3v) is 6.71. The third-order valence-electron chi connectivity index (χ3n) is 5.57. The Hall–Kier alpha value is -3.78. The van der Waals surface area contributed by atoms with Crippen molar-refractivity contribution in [1.82, 2.24) is 4.98 Å². The number of thiazole rings is 1. The maximum atomic E-state index is 13.2. The van der Waals surface area contributed by atoms with Gasteiger partial charge in [0.15, 0.2) is 5.13 Å². The Morgan fingerprint density at radius 3 is 2.45 bits per heavy atom. The fraction of sp³-hybridized carbons (Fsp3) is 0.200. The minimum atomic E-state index is -0.901. The number of amides is 1. The van der Waals surface area contributed by atoms with Gasteiger partial charge in [-0.25, -0.2) is 9.78 Å². The van der Waals surface area contributed by atoms with Crippen molar-refractivity contribution in [3.8, 4) is 0 Å². The van der Waals surface area contributed by atoms with Crippen molar-refractivity contribution >= 4 is 39.9 Å². The number of aromatic nitrogens is 1. The first-order valence-corrected chi connectivity index (χ1v) is 11.1. The molecule has 1 fully saturated rings. The lowest BCUT2D eigenvalue weighted by atomic mass is 9.93. The van der Waals surface area contributed by atoms with E-state index >= 15 is 0 Å². The molecule has 1 amide bonds. The van der Waals surface area contributed by atoms with Gasteiger partial charge in [-0.15, -0.1) is 0 Å². The van der Waals surface area contributed by atoms with Crippen LogP contribution in [0.25, 0.3) is 5.76 Å². The number of Topliss-reactive ketones (excluding diaryl/α,β-unsaturated/α-hetero) is 1. The molecule has 2 heterocycles. The van der Waals surface area contributed by atoms with Crippen LogP contribution in [0.1, 0.15) is 43.7 Å². The summed E-state index contributed by atoms with van der Waals surface area (Å²) in [7, 11) is 1.27. The largest absolute Gasteiger partial charge is 0.507 e. The maximum absolute atomic E-state index is 13.2. The summed E-state index contributed by atoms with van der Waals surface area (Å²) in [5, 5.41) is 11.5. The number of aliphatic hydroxyl groups excluding tert-OH is 1. The van der Waals surface area contributed by atoms with Gasteiger partial charge in [-0.05, 0) is 38.0 Å². The van der Waals surface area contributed by atoms with Gasteiger partial charge in [-0.1, -0.05) is 59.4 Å². The second-order valence-corrected chi connectivity index (χ2v) is 8.78. The van der Waals surface area contributed by atoms with Crippen LogP contribution in [0.5, 0.6) is 0 Å². The summed E-state index contributed by atoms with van der Waals surface area (Å²) in [4.78, 5) is 44.5. The normalized spacial score (nSPS) is 17.5. The highest BCUT2D eigenvalue weighted by Crippen LogP contribution is 2.44. The summed E-state index contributed by atoms with van der Waals surface area (Å²) in [6, 6.07) is 13.6. The van der Waals surface area contributed by atoms with E-state index in [4.69, 9.17) is 4.74 Å². The van der Waals surface area contributed by atoms with E-state index in [0.717, 1.165) is 22.5 Å². The van der Waals surface area contributed by atoms with Crippen LogP contribution in [0.2, 0.25) is 0 Å². The van der Waals surface area contributed by atoms with Crippen molar-refractivity contribution in [2.45, 2.75) is 26.8 Å². The molecular weight excluding hydrogens is 440 g/mol. The fourth-order valence-electron chi connectivity index (χ4n) is 3.88. The van der Waals surface area contributed by atoms with E-state index in [1.165, 1.54) is 12.0 Å². The average Bonchev–Trinajstić information content (AvgIpc) is 3.32. The number of nitrogens with zero attached hydrogens (tertiary/aromatic N) is 2. The number of ketones is 1. The van der Waals surface area contributed by atoms with Gasteiger partial charge in [-0.2, -0.15) is 0 Å². The molecule has 3 aromatic rings. The highest BCUT2D eigenvalue weighted by atomic mass is 32.1. The Balaban J connectivity index is 1.96. The summed E-state index contributed by atoms with van der Waals surface area (Å²) in [6.07, 6.45) is 0. The van der Waals surface area contributed by atoms with Crippen molar-refractivity contribution in [3.05, 3.63) is 86.9 Å². The van der Waals surface area contributed by atoms with E-state index in [2.05, 4.69) is 4.98 Å². The van der Waals surface area contributed by atoms with Gasteiger partial charge in [0, 0.05) is 5.56 Å². The van der Waals surface area contributed by atoms with E-state index in [1.807, 2.05) is 32.0 Å². The van der Waals surface area contributed by atoms with Gasteiger partial charge in [0.05, 0.1) is 24.4 Å². The number of rotatable bonds is 4. The molecule has 0 radical (unpaired) electrons. The number of aryl methyl sites for hydroxylation is 3. The standard InChI is InChI=1S/C25H22N2O5S/c1-13-10-11-14(2)17(12-13)20(28)18-19(16-8-6-5-7-9-16)27(23(30)21(18)29)25-26-15(3)22(33-25)24(31)32-4/h5-12,19,28H,1-4H3/t19-/m0/s1. The van der Waals surface area contributed by atoms with Gasteiger partial charge in [0.25, 0.3) is 5.78 Å². The topological polar surface area (TPSA) is 96.8 Å². The molecule has 168 valence electrons. The van der Waals surface area contributed by atoms with Crippen molar-refractivity contribution in [2.75, 3.05) is 12.0 Å². The number of methoxy groups -OCH3 is 1. The first kappa shape index (κ1) is 22.4. The number of aliphatic hydroxyl groups is 1. The highest BCUT2D eigenvalue weighted by molar-refractivity contribution is 7.17. The zero-order valence-electron chi connectivity index (χ0n) is 18.6. The number of carbonyl (C=O) groups is 3. The predicted octanol–water partition coefficient (Wildman–Crippen LogP) is 4.48. The van der Waals surface area contributed by atoms with Crippen LogP contribution in [-0.4, -0.2) is 34.9 Å². The average molecular weight is 463 g/mol. The highest BCUT2D eigenvalue weighted by Gasteiger charge is 2.48. The molecule has 0 unspecified atom stereocenters. The van der Waals surface area contributed by atoms with Gasteiger partial charge in [-0.3, -0.25) is 14.5 Å². The first-order valence-electron chi connectivity index (χ1n) is 10.2. The Morgan fingerprint density at radius 1 is 1.09 bits per heavy atom.